The lowest BCUT2D eigenvalue weighted by molar-refractivity contribution is 0.136. The Hall–Kier alpha value is -0.820. The predicted octanol–water partition coefficient (Wildman–Crippen LogP) is 3.03. The summed E-state index contributed by atoms with van der Waals surface area (Å²) < 4.78 is 0. The van der Waals surface area contributed by atoms with Crippen LogP contribution in [0.3, 0.4) is 0 Å². The SMILES string of the molecule is c1ccc(C2CC(N3CCCC3)C2)cc1. The van der Waals surface area contributed by atoms with Crippen molar-refractivity contribution in [2.75, 3.05) is 13.1 Å². The summed E-state index contributed by atoms with van der Waals surface area (Å²) in [6.07, 6.45) is 5.63. The molecule has 0 spiro atoms. The summed E-state index contributed by atoms with van der Waals surface area (Å²) >= 11 is 0. The van der Waals surface area contributed by atoms with E-state index >= 15 is 0 Å². The fourth-order valence-electron chi connectivity index (χ4n) is 2.99. The van der Waals surface area contributed by atoms with Crippen molar-refractivity contribution in [1.82, 2.24) is 4.90 Å². The van der Waals surface area contributed by atoms with E-state index in [1.54, 1.807) is 5.56 Å². The Labute approximate surface area is 92.1 Å². The zero-order chi connectivity index (χ0) is 10.1. The Morgan fingerprint density at radius 1 is 0.933 bits per heavy atom. The molecule has 1 aromatic rings. The molecule has 0 N–H and O–H groups in total. The average molecular weight is 201 g/mol. The van der Waals surface area contributed by atoms with E-state index in [2.05, 4.69) is 35.2 Å². The molecule has 0 atom stereocenters. The molecule has 2 aliphatic rings. The van der Waals surface area contributed by atoms with E-state index in [0.29, 0.717) is 0 Å². The van der Waals surface area contributed by atoms with Crippen molar-refractivity contribution in [2.45, 2.75) is 37.6 Å². The number of hydrogen-bond donors (Lipinski definition) is 0. The molecule has 0 amide bonds. The lowest BCUT2D eigenvalue weighted by Crippen LogP contribution is -2.42. The van der Waals surface area contributed by atoms with Gasteiger partial charge in [0.1, 0.15) is 0 Å². The summed E-state index contributed by atoms with van der Waals surface area (Å²) in [4.78, 5) is 2.69. The highest BCUT2D eigenvalue weighted by Gasteiger charge is 2.35. The average Bonchev–Trinajstić information content (AvgIpc) is 2.70. The molecule has 1 saturated heterocycles. The van der Waals surface area contributed by atoms with Crippen molar-refractivity contribution < 1.29 is 0 Å². The normalized spacial score (nSPS) is 31.5. The van der Waals surface area contributed by atoms with Crippen LogP contribution in [-0.4, -0.2) is 24.0 Å². The molecule has 0 radical (unpaired) electrons. The highest BCUT2D eigenvalue weighted by molar-refractivity contribution is 5.22. The van der Waals surface area contributed by atoms with Gasteiger partial charge in [-0.25, -0.2) is 0 Å². The van der Waals surface area contributed by atoms with Gasteiger partial charge in [0, 0.05) is 6.04 Å². The molecule has 1 saturated carbocycles. The van der Waals surface area contributed by atoms with Gasteiger partial charge in [-0.05, 0) is 50.3 Å². The van der Waals surface area contributed by atoms with Gasteiger partial charge in [0.25, 0.3) is 0 Å². The smallest absolute Gasteiger partial charge is 0.0107 e. The van der Waals surface area contributed by atoms with Crippen LogP contribution in [0, 0.1) is 0 Å². The van der Waals surface area contributed by atoms with Gasteiger partial charge in [-0.1, -0.05) is 30.3 Å². The number of benzene rings is 1. The largest absolute Gasteiger partial charge is 0.300 e. The van der Waals surface area contributed by atoms with Gasteiger partial charge in [0.2, 0.25) is 0 Å². The third kappa shape index (κ3) is 1.81. The van der Waals surface area contributed by atoms with E-state index in [0.717, 1.165) is 12.0 Å². The van der Waals surface area contributed by atoms with E-state index < -0.39 is 0 Å². The van der Waals surface area contributed by atoms with E-state index in [1.807, 2.05) is 0 Å². The molecule has 0 aromatic heterocycles. The molecule has 1 nitrogen and oxygen atoms in total. The maximum absolute atomic E-state index is 2.69. The van der Waals surface area contributed by atoms with Gasteiger partial charge in [0.05, 0.1) is 0 Å². The van der Waals surface area contributed by atoms with Crippen LogP contribution in [0.2, 0.25) is 0 Å². The Bertz CT molecular complexity index is 307. The topological polar surface area (TPSA) is 3.24 Å². The molecule has 1 heterocycles. The highest BCUT2D eigenvalue weighted by atomic mass is 15.2. The van der Waals surface area contributed by atoms with Gasteiger partial charge in [-0.3, -0.25) is 0 Å². The van der Waals surface area contributed by atoms with Gasteiger partial charge in [-0.2, -0.15) is 0 Å². The minimum absolute atomic E-state index is 0.844. The second-order valence-electron chi connectivity index (χ2n) is 4.98. The Morgan fingerprint density at radius 2 is 1.60 bits per heavy atom. The number of rotatable bonds is 2. The summed E-state index contributed by atoms with van der Waals surface area (Å²) in [5.74, 6) is 0.844. The van der Waals surface area contributed by atoms with E-state index in [1.165, 1.54) is 38.8 Å². The Kier molecular flexibility index (Phi) is 2.49. The maximum Gasteiger partial charge on any atom is 0.0107 e. The molecule has 1 aromatic carbocycles. The van der Waals surface area contributed by atoms with Gasteiger partial charge < -0.3 is 4.90 Å². The molecule has 15 heavy (non-hydrogen) atoms. The first-order chi connectivity index (χ1) is 7.43. The van der Waals surface area contributed by atoms with Gasteiger partial charge in [-0.15, -0.1) is 0 Å². The first kappa shape index (κ1) is 9.41. The molecular weight excluding hydrogens is 182 g/mol. The zero-order valence-corrected chi connectivity index (χ0v) is 9.23. The van der Waals surface area contributed by atoms with Crippen molar-refractivity contribution in [3.63, 3.8) is 0 Å². The second-order valence-corrected chi connectivity index (χ2v) is 4.98. The maximum atomic E-state index is 2.69. The predicted molar refractivity (Wildman–Crippen MR) is 63.0 cm³/mol. The minimum atomic E-state index is 0.844. The summed E-state index contributed by atoms with van der Waals surface area (Å²) in [5, 5.41) is 0. The standard InChI is InChI=1S/C14H19N/c1-2-6-12(7-3-1)13-10-14(11-13)15-8-4-5-9-15/h1-3,6-7,13-14H,4-5,8-11H2. The quantitative estimate of drug-likeness (QED) is 0.711. The molecule has 0 bridgehead atoms. The number of likely N-dealkylation sites (tertiary alicyclic amines) is 1. The van der Waals surface area contributed by atoms with E-state index in [-0.39, 0.29) is 0 Å². The molecule has 3 rings (SSSR count). The molecule has 2 fully saturated rings. The van der Waals surface area contributed by atoms with E-state index in [9.17, 15) is 0 Å². The third-order valence-corrected chi connectivity index (χ3v) is 4.04. The van der Waals surface area contributed by atoms with Crippen LogP contribution in [0.15, 0.2) is 30.3 Å². The van der Waals surface area contributed by atoms with Gasteiger partial charge >= 0.3 is 0 Å². The second kappa shape index (κ2) is 3.97. The van der Waals surface area contributed by atoms with Crippen LogP contribution >= 0.6 is 0 Å². The first-order valence-corrected chi connectivity index (χ1v) is 6.22. The molecule has 1 aliphatic heterocycles. The summed E-state index contributed by atoms with van der Waals surface area (Å²) in [6.45, 7) is 2.71. The van der Waals surface area contributed by atoms with Gasteiger partial charge in [0.15, 0.2) is 0 Å². The van der Waals surface area contributed by atoms with Crippen LogP contribution in [0.25, 0.3) is 0 Å². The van der Waals surface area contributed by atoms with Crippen molar-refractivity contribution in [3.8, 4) is 0 Å². The third-order valence-electron chi connectivity index (χ3n) is 4.04. The summed E-state index contributed by atoms with van der Waals surface area (Å²) in [5.41, 5.74) is 1.55. The zero-order valence-electron chi connectivity index (χ0n) is 9.23. The summed E-state index contributed by atoms with van der Waals surface area (Å²) in [7, 11) is 0. The molecule has 80 valence electrons. The Morgan fingerprint density at radius 3 is 2.27 bits per heavy atom. The van der Waals surface area contributed by atoms with Crippen molar-refractivity contribution in [2.24, 2.45) is 0 Å². The van der Waals surface area contributed by atoms with Crippen LogP contribution in [0.4, 0.5) is 0 Å². The highest BCUT2D eigenvalue weighted by Crippen LogP contribution is 2.40. The lowest BCUT2D eigenvalue weighted by atomic mass is 9.75. The van der Waals surface area contributed by atoms with Crippen LogP contribution < -0.4 is 0 Å². The van der Waals surface area contributed by atoms with Crippen molar-refractivity contribution in [3.05, 3.63) is 35.9 Å². The van der Waals surface area contributed by atoms with Crippen LogP contribution in [0.1, 0.15) is 37.2 Å². The molecule has 1 heteroatoms. The molecule has 1 aliphatic carbocycles. The minimum Gasteiger partial charge on any atom is -0.300 e. The van der Waals surface area contributed by atoms with E-state index in [4.69, 9.17) is 0 Å². The molecule has 0 unspecified atom stereocenters. The monoisotopic (exact) mass is 201 g/mol. The fraction of sp³-hybridized carbons (Fsp3) is 0.571. The first-order valence-electron chi connectivity index (χ1n) is 6.22. The Balaban J connectivity index is 1.57. The molecular formula is C14H19N. The number of nitrogens with zero attached hydrogens (tertiary/aromatic N) is 1. The fourth-order valence-corrected chi connectivity index (χ4v) is 2.99. The van der Waals surface area contributed by atoms with Crippen LogP contribution in [0.5, 0.6) is 0 Å². The van der Waals surface area contributed by atoms with Crippen molar-refractivity contribution >= 4 is 0 Å². The van der Waals surface area contributed by atoms with Crippen molar-refractivity contribution in [1.29, 1.82) is 0 Å². The lowest BCUT2D eigenvalue weighted by Gasteiger charge is -2.41. The number of hydrogen-bond acceptors (Lipinski definition) is 1. The van der Waals surface area contributed by atoms with Crippen LogP contribution in [-0.2, 0) is 0 Å². The summed E-state index contributed by atoms with van der Waals surface area (Å²) in [6, 6.07) is 11.9.